The zero-order valence-corrected chi connectivity index (χ0v) is 13.2. The molecule has 1 atom stereocenters. The predicted octanol–water partition coefficient (Wildman–Crippen LogP) is 2.22. The minimum atomic E-state index is -0.356. The summed E-state index contributed by atoms with van der Waals surface area (Å²) in [5, 5.41) is 2.66. The van der Waals surface area contributed by atoms with Crippen LogP contribution in [0.3, 0.4) is 0 Å². The number of likely N-dealkylation sites (tertiary alicyclic amines) is 1. The van der Waals surface area contributed by atoms with Gasteiger partial charge in [-0.05, 0) is 55.7 Å². The molecule has 1 N–H and O–H groups in total. The number of nitrogens with one attached hydrogen (secondary N) is 1. The third-order valence-electron chi connectivity index (χ3n) is 4.33. The summed E-state index contributed by atoms with van der Waals surface area (Å²) in [6, 6.07) is 11.1. The van der Waals surface area contributed by atoms with Crippen LogP contribution in [0.5, 0.6) is 0 Å². The van der Waals surface area contributed by atoms with E-state index in [9.17, 15) is 9.59 Å². The fourth-order valence-corrected chi connectivity index (χ4v) is 3.06. The first-order valence-electron chi connectivity index (χ1n) is 7.96. The first kappa shape index (κ1) is 15.3. The van der Waals surface area contributed by atoms with Gasteiger partial charge in [-0.3, -0.25) is 9.59 Å². The average molecular weight is 311 g/mol. The maximum Gasteiger partial charge on any atom is 0.254 e. The second-order valence-electron chi connectivity index (χ2n) is 5.76. The van der Waals surface area contributed by atoms with Crippen molar-refractivity contribution in [3.63, 3.8) is 0 Å². The van der Waals surface area contributed by atoms with Crippen LogP contribution in [-0.2, 0) is 4.79 Å². The number of amides is 2. The maximum atomic E-state index is 12.8. The van der Waals surface area contributed by atoms with Gasteiger partial charge in [-0.2, -0.15) is 0 Å². The van der Waals surface area contributed by atoms with Gasteiger partial charge in [0.1, 0.15) is 6.04 Å². The van der Waals surface area contributed by atoms with Crippen molar-refractivity contribution >= 4 is 11.8 Å². The quantitative estimate of drug-likeness (QED) is 0.945. The molecule has 0 radical (unpaired) electrons. The van der Waals surface area contributed by atoms with Gasteiger partial charge in [-0.1, -0.05) is 0 Å². The van der Waals surface area contributed by atoms with Crippen LogP contribution >= 0.6 is 0 Å². The first-order chi connectivity index (χ1) is 11.2. The molecule has 0 bridgehead atoms. The number of nitrogens with zero attached hydrogens (tertiary/aromatic N) is 2. The van der Waals surface area contributed by atoms with Crippen LogP contribution in [0.25, 0.3) is 5.69 Å². The van der Waals surface area contributed by atoms with Gasteiger partial charge in [0, 0.05) is 37.2 Å². The molecule has 0 aliphatic carbocycles. The van der Waals surface area contributed by atoms with E-state index in [1.165, 1.54) is 0 Å². The van der Waals surface area contributed by atoms with E-state index in [0.29, 0.717) is 12.1 Å². The number of carbonyl (C=O) groups is 2. The topological polar surface area (TPSA) is 54.3 Å². The third kappa shape index (κ3) is 3.13. The molecule has 1 fully saturated rings. The Morgan fingerprint density at radius 3 is 2.43 bits per heavy atom. The van der Waals surface area contributed by atoms with Crippen LogP contribution in [0.4, 0.5) is 0 Å². The lowest BCUT2D eigenvalue weighted by Crippen LogP contribution is -2.51. The average Bonchev–Trinajstić information content (AvgIpc) is 3.15. The lowest BCUT2D eigenvalue weighted by Gasteiger charge is -2.34. The molecule has 2 heterocycles. The number of rotatable bonds is 3. The molecular formula is C18H21N3O2. The Labute approximate surface area is 135 Å². The molecule has 0 saturated carbocycles. The molecule has 5 nitrogen and oxygen atoms in total. The number of carbonyl (C=O) groups excluding carboxylic acids is 2. The van der Waals surface area contributed by atoms with E-state index < -0.39 is 0 Å². The van der Waals surface area contributed by atoms with Crippen molar-refractivity contribution in [1.82, 2.24) is 14.8 Å². The third-order valence-corrected chi connectivity index (χ3v) is 4.33. The van der Waals surface area contributed by atoms with Gasteiger partial charge in [0.25, 0.3) is 5.91 Å². The highest BCUT2D eigenvalue weighted by Gasteiger charge is 2.31. The molecule has 1 aliphatic rings. The number of hydrogen-bond acceptors (Lipinski definition) is 2. The maximum absolute atomic E-state index is 12.8. The summed E-state index contributed by atoms with van der Waals surface area (Å²) in [7, 11) is 1.62. The molecule has 1 aromatic carbocycles. The van der Waals surface area contributed by atoms with Crippen LogP contribution in [-0.4, -0.2) is 40.9 Å². The van der Waals surface area contributed by atoms with E-state index in [1.54, 1.807) is 11.9 Å². The van der Waals surface area contributed by atoms with Crippen molar-refractivity contribution in [1.29, 1.82) is 0 Å². The number of likely N-dealkylation sites (N-methyl/N-ethyl adjacent to an activating group) is 1. The van der Waals surface area contributed by atoms with E-state index in [2.05, 4.69) is 5.32 Å². The van der Waals surface area contributed by atoms with Crippen molar-refractivity contribution < 1.29 is 9.59 Å². The molecule has 3 rings (SSSR count). The van der Waals surface area contributed by atoms with E-state index in [4.69, 9.17) is 0 Å². The van der Waals surface area contributed by atoms with E-state index in [-0.39, 0.29) is 17.9 Å². The van der Waals surface area contributed by atoms with Gasteiger partial charge in [-0.15, -0.1) is 0 Å². The lowest BCUT2D eigenvalue weighted by molar-refractivity contribution is -0.126. The summed E-state index contributed by atoms with van der Waals surface area (Å²) in [6.07, 6.45) is 6.58. The first-order valence-corrected chi connectivity index (χ1v) is 7.96. The SMILES string of the molecule is CNC(=O)[C@@H]1CCCCN1C(=O)c1ccc(-n2cccc2)cc1. The largest absolute Gasteiger partial charge is 0.357 e. The van der Waals surface area contributed by atoms with Crippen LogP contribution in [0, 0.1) is 0 Å². The predicted molar refractivity (Wildman–Crippen MR) is 88.5 cm³/mol. The Morgan fingerprint density at radius 1 is 1.09 bits per heavy atom. The lowest BCUT2D eigenvalue weighted by atomic mass is 10.00. The zero-order valence-electron chi connectivity index (χ0n) is 13.2. The molecule has 1 aliphatic heterocycles. The highest BCUT2D eigenvalue weighted by Crippen LogP contribution is 2.20. The fourth-order valence-electron chi connectivity index (χ4n) is 3.06. The van der Waals surface area contributed by atoms with Gasteiger partial charge >= 0.3 is 0 Å². The summed E-state index contributed by atoms with van der Waals surface area (Å²) < 4.78 is 1.99. The summed E-state index contributed by atoms with van der Waals surface area (Å²) in [6.45, 7) is 0.635. The Kier molecular flexibility index (Phi) is 4.46. The van der Waals surface area contributed by atoms with Gasteiger partial charge in [0.05, 0.1) is 0 Å². The van der Waals surface area contributed by atoms with Crippen LogP contribution in [0.1, 0.15) is 29.6 Å². The Bertz CT molecular complexity index is 677. The summed E-state index contributed by atoms with van der Waals surface area (Å²) in [4.78, 5) is 26.5. The van der Waals surface area contributed by atoms with Gasteiger partial charge in [-0.25, -0.2) is 0 Å². The van der Waals surface area contributed by atoms with Gasteiger partial charge < -0.3 is 14.8 Å². The van der Waals surface area contributed by atoms with E-state index in [1.807, 2.05) is 53.4 Å². The van der Waals surface area contributed by atoms with Crippen molar-refractivity contribution in [2.75, 3.05) is 13.6 Å². The number of benzene rings is 1. The summed E-state index contributed by atoms with van der Waals surface area (Å²) in [5.41, 5.74) is 1.63. The second kappa shape index (κ2) is 6.69. The monoisotopic (exact) mass is 311 g/mol. The molecular weight excluding hydrogens is 290 g/mol. The minimum Gasteiger partial charge on any atom is -0.357 e. The Hall–Kier alpha value is -2.56. The van der Waals surface area contributed by atoms with Gasteiger partial charge in [0.15, 0.2) is 0 Å². The standard InChI is InChI=1S/C18H21N3O2/c1-19-17(22)16-6-2-3-13-21(16)18(23)14-7-9-15(10-8-14)20-11-4-5-12-20/h4-5,7-12,16H,2-3,6,13H2,1H3,(H,19,22)/t16-/m0/s1. The number of aromatic nitrogens is 1. The van der Waals surface area contributed by atoms with Gasteiger partial charge in [0.2, 0.25) is 5.91 Å². The van der Waals surface area contributed by atoms with Crippen LogP contribution in [0.15, 0.2) is 48.8 Å². The molecule has 23 heavy (non-hydrogen) atoms. The molecule has 0 unspecified atom stereocenters. The number of piperidine rings is 1. The molecule has 5 heteroatoms. The normalized spacial score (nSPS) is 17.8. The smallest absolute Gasteiger partial charge is 0.254 e. The number of hydrogen-bond donors (Lipinski definition) is 1. The summed E-state index contributed by atoms with van der Waals surface area (Å²) in [5.74, 6) is -0.153. The van der Waals surface area contributed by atoms with Crippen molar-refractivity contribution in [3.8, 4) is 5.69 Å². The Morgan fingerprint density at radius 2 is 1.78 bits per heavy atom. The minimum absolute atomic E-state index is 0.0719. The molecule has 1 aromatic heterocycles. The highest BCUT2D eigenvalue weighted by molar-refractivity contribution is 5.97. The molecule has 1 saturated heterocycles. The fraction of sp³-hybridized carbons (Fsp3) is 0.333. The van der Waals surface area contributed by atoms with Crippen LogP contribution in [0.2, 0.25) is 0 Å². The Balaban J connectivity index is 1.80. The second-order valence-corrected chi connectivity index (χ2v) is 5.76. The zero-order chi connectivity index (χ0) is 16.2. The molecule has 120 valence electrons. The summed E-state index contributed by atoms with van der Waals surface area (Å²) >= 11 is 0. The molecule has 2 amide bonds. The molecule has 2 aromatic rings. The highest BCUT2D eigenvalue weighted by atomic mass is 16.2. The molecule has 0 spiro atoms. The van der Waals surface area contributed by atoms with E-state index >= 15 is 0 Å². The van der Waals surface area contributed by atoms with E-state index in [0.717, 1.165) is 24.9 Å². The van der Waals surface area contributed by atoms with Crippen molar-refractivity contribution in [2.45, 2.75) is 25.3 Å². The van der Waals surface area contributed by atoms with Crippen molar-refractivity contribution in [3.05, 3.63) is 54.4 Å². The van der Waals surface area contributed by atoms with Crippen molar-refractivity contribution in [2.24, 2.45) is 0 Å². The van der Waals surface area contributed by atoms with Crippen LogP contribution < -0.4 is 5.32 Å².